The van der Waals surface area contributed by atoms with Crippen molar-refractivity contribution in [2.75, 3.05) is 0 Å². The van der Waals surface area contributed by atoms with Crippen LogP contribution in [0.5, 0.6) is 0 Å². The quantitative estimate of drug-likeness (QED) is 0.516. The number of aromatic nitrogens is 3. The van der Waals surface area contributed by atoms with Crippen molar-refractivity contribution in [3.05, 3.63) is 65.3 Å². The molecule has 0 atom stereocenters. The average Bonchev–Trinajstić information content (AvgIpc) is 3.40. The number of nitrogens with zero attached hydrogens (tertiary/aromatic N) is 3. The van der Waals surface area contributed by atoms with Crippen molar-refractivity contribution in [3.63, 3.8) is 0 Å². The predicted molar refractivity (Wildman–Crippen MR) is 99.0 cm³/mol. The zero-order chi connectivity index (χ0) is 16.6. The fourth-order valence-corrected chi connectivity index (χ4v) is 4.81. The Bertz CT molecular complexity index is 999. The summed E-state index contributed by atoms with van der Waals surface area (Å²) in [6.07, 6.45) is 8.90. The number of hydrogen-bond donors (Lipinski definition) is 0. The van der Waals surface area contributed by atoms with E-state index in [0.29, 0.717) is 11.7 Å². The largest absolute Gasteiger partial charge is 0.334 e. The third kappa shape index (κ3) is 2.51. The van der Waals surface area contributed by atoms with Crippen molar-refractivity contribution in [1.29, 1.82) is 0 Å². The molecule has 124 valence electrons. The van der Waals surface area contributed by atoms with Gasteiger partial charge in [0, 0.05) is 22.8 Å². The highest BCUT2D eigenvalue weighted by atomic mass is 32.1. The first-order valence-corrected chi connectivity index (χ1v) is 9.39. The molecule has 3 heterocycles. The van der Waals surface area contributed by atoms with Crippen molar-refractivity contribution in [2.45, 2.75) is 25.7 Å². The van der Waals surface area contributed by atoms with Crippen LogP contribution in [0.15, 0.2) is 59.4 Å². The van der Waals surface area contributed by atoms with Crippen LogP contribution < -0.4 is 0 Å². The van der Waals surface area contributed by atoms with Gasteiger partial charge in [-0.05, 0) is 55.5 Å². The molecule has 0 spiro atoms. The number of benzene rings is 1. The summed E-state index contributed by atoms with van der Waals surface area (Å²) in [4.78, 5) is 6.19. The maximum Gasteiger partial charge on any atom is 0.258 e. The van der Waals surface area contributed by atoms with Crippen molar-refractivity contribution in [3.8, 4) is 27.8 Å². The van der Waals surface area contributed by atoms with Crippen molar-refractivity contribution >= 4 is 11.3 Å². The standard InChI is InChI=1S/C20H17N3OS/c1-2-8-14(9-3-1)19-21-18(22-24-19)17-15-10-4-5-11-16(15)25-20(17)23-12-6-7-13-23/h1-3,6-9,12-13H,4-5,10-11H2. The van der Waals surface area contributed by atoms with Gasteiger partial charge in [-0.15, -0.1) is 11.3 Å². The Kier molecular flexibility index (Phi) is 3.52. The molecular weight excluding hydrogens is 330 g/mol. The lowest BCUT2D eigenvalue weighted by molar-refractivity contribution is 0.432. The predicted octanol–water partition coefficient (Wildman–Crippen LogP) is 5.13. The number of fused-ring (bicyclic) bond motifs is 1. The van der Waals surface area contributed by atoms with Crippen LogP contribution in [-0.2, 0) is 12.8 Å². The first kappa shape index (κ1) is 14.7. The second kappa shape index (κ2) is 6.01. The summed E-state index contributed by atoms with van der Waals surface area (Å²) < 4.78 is 7.74. The SMILES string of the molecule is c1ccc(-c2nc(-c3c(-n4cccc4)sc4c3CCCC4)no2)cc1. The third-order valence-corrected chi connectivity index (χ3v) is 5.97. The molecule has 0 aliphatic heterocycles. The van der Waals surface area contributed by atoms with E-state index in [1.165, 1.54) is 28.3 Å². The molecule has 1 aromatic carbocycles. The summed E-state index contributed by atoms with van der Waals surface area (Å²) in [7, 11) is 0. The van der Waals surface area contributed by atoms with Crippen molar-refractivity contribution < 1.29 is 4.52 Å². The maximum atomic E-state index is 5.57. The van der Waals surface area contributed by atoms with Crippen LogP contribution in [0.2, 0.25) is 0 Å². The fraction of sp³-hybridized carbons (Fsp3) is 0.200. The van der Waals surface area contributed by atoms with Gasteiger partial charge in [-0.3, -0.25) is 0 Å². The highest BCUT2D eigenvalue weighted by Crippen LogP contribution is 2.42. The topological polar surface area (TPSA) is 43.9 Å². The van der Waals surface area contributed by atoms with E-state index in [-0.39, 0.29) is 0 Å². The molecule has 0 amide bonds. The summed E-state index contributed by atoms with van der Waals surface area (Å²) in [6.45, 7) is 0. The van der Waals surface area contributed by atoms with Crippen LogP contribution in [0.25, 0.3) is 27.8 Å². The molecule has 4 aromatic rings. The molecule has 25 heavy (non-hydrogen) atoms. The molecule has 0 saturated heterocycles. The Morgan fingerprint density at radius 2 is 1.76 bits per heavy atom. The van der Waals surface area contributed by atoms with E-state index in [0.717, 1.165) is 24.0 Å². The van der Waals surface area contributed by atoms with Crippen LogP contribution >= 0.6 is 11.3 Å². The summed E-state index contributed by atoms with van der Waals surface area (Å²) in [6, 6.07) is 14.0. The lowest BCUT2D eigenvalue weighted by atomic mass is 9.95. The zero-order valence-electron chi connectivity index (χ0n) is 13.7. The van der Waals surface area contributed by atoms with Gasteiger partial charge in [0.15, 0.2) is 0 Å². The normalized spacial score (nSPS) is 13.8. The molecular formula is C20H17N3OS. The van der Waals surface area contributed by atoms with Gasteiger partial charge in [-0.2, -0.15) is 4.98 Å². The number of rotatable bonds is 3. The number of aryl methyl sites for hydroxylation is 1. The van der Waals surface area contributed by atoms with Gasteiger partial charge in [0.2, 0.25) is 5.82 Å². The fourth-order valence-electron chi connectivity index (χ4n) is 3.46. The van der Waals surface area contributed by atoms with Gasteiger partial charge in [0.1, 0.15) is 5.00 Å². The van der Waals surface area contributed by atoms with E-state index in [2.05, 4.69) is 22.1 Å². The van der Waals surface area contributed by atoms with Gasteiger partial charge in [-0.1, -0.05) is 23.4 Å². The molecule has 0 fully saturated rings. The Morgan fingerprint density at radius 3 is 2.60 bits per heavy atom. The van der Waals surface area contributed by atoms with E-state index in [4.69, 9.17) is 9.51 Å². The molecule has 0 unspecified atom stereocenters. The minimum Gasteiger partial charge on any atom is -0.334 e. The summed E-state index contributed by atoms with van der Waals surface area (Å²) in [5.41, 5.74) is 3.50. The molecule has 0 saturated carbocycles. The van der Waals surface area contributed by atoms with E-state index in [1.807, 2.05) is 53.8 Å². The molecule has 1 aliphatic carbocycles. The second-order valence-corrected chi connectivity index (χ2v) is 7.35. The second-order valence-electron chi connectivity index (χ2n) is 6.27. The lowest BCUT2D eigenvalue weighted by Crippen LogP contribution is -2.00. The first-order chi connectivity index (χ1) is 12.4. The molecule has 0 N–H and O–H groups in total. The molecule has 3 aromatic heterocycles. The molecule has 5 heteroatoms. The van der Waals surface area contributed by atoms with Crippen molar-refractivity contribution in [2.24, 2.45) is 0 Å². The maximum absolute atomic E-state index is 5.57. The van der Waals surface area contributed by atoms with Crippen LogP contribution in [0, 0.1) is 0 Å². The van der Waals surface area contributed by atoms with E-state index in [9.17, 15) is 0 Å². The Morgan fingerprint density at radius 1 is 0.960 bits per heavy atom. The third-order valence-electron chi connectivity index (χ3n) is 4.66. The van der Waals surface area contributed by atoms with Gasteiger partial charge >= 0.3 is 0 Å². The van der Waals surface area contributed by atoms with Gasteiger partial charge in [0.05, 0.1) is 5.56 Å². The Labute approximate surface area is 149 Å². The van der Waals surface area contributed by atoms with Crippen molar-refractivity contribution in [1.82, 2.24) is 14.7 Å². The van der Waals surface area contributed by atoms with Gasteiger partial charge in [0.25, 0.3) is 5.89 Å². The number of thiophene rings is 1. The Balaban J connectivity index is 1.66. The van der Waals surface area contributed by atoms with E-state index in [1.54, 1.807) is 0 Å². The smallest absolute Gasteiger partial charge is 0.258 e. The minimum atomic E-state index is 0.574. The van der Waals surface area contributed by atoms with Crippen LogP contribution in [0.4, 0.5) is 0 Å². The average molecular weight is 347 g/mol. The molecule has 4 nitrogen and oxygen atoms in total. The first-order valence-electron chi connectivity index (χ1n) is 8.57. The highest BCUT2D eigenvalue weighted by molar-refractivity contribution is 7.15. The molecule has 1 aliphatic rings. The molecule has 0 radical (unpaired) electrons. The van der Waals surface area contributed by atoms with Crippen LogP contribution in [-0.4, -0.2) is 14.7 Å². The molecule has 5 rings (SSSR count). The van der Waals surface area contributed by atoms with Crippen LogP contribution in [0.1, 0.15) is 23.3 Å². The molecule has 0 bridgehead atoms. The lowest BCUT2D eigenvalue weighted by Gasteiger charge is -2.11. The summed E-state index contributed by atoms with van der Waals surface area (Å²) in [5.74, 6) is 1.27. The number of hydrogen-bond acceptors (Lipinski definition) is 4. The minimum absolute atomic E-state index is 0.574. The Hall–Kier alpha value is -2.66. The van der Waals surface area contributed by atoms with Gasteiger partial charge < -0.3 is 9.09 Å². The van der Waals surface area contributed by atoms with E-state index >= 15 is 0 Å². The van der Waals surface area contributed by atoms with E-state index < -0.39 is 0 Å². The van der Waals surface area contributed by atoms with Gasteiger partial charge in [-0.25, -0.2) is 0 Å². The zero-order valence-corrected chi connectivity index (χ0v) is 14.5. The summed E-state index contributed by atoms with van der Waals surface area (Å²) >= 11 is 1.86. The van der Waals surface area contributed by atoms with Crippen LogP contribution in [0.3, 0.4) is 0 Å². The monoisotopic (exact) mass is 347 g/mol. The summed E-state index contributed by atoms with van der Waals surface area (Å²) in [5, 5.41) is 5.51. The highest BCUT2D eigenvalue weighted by Gasteiger charge is 2.26.